The number of carbonyl (C=O) groups is 1. The third kappa shape index (κ3) is 4.17. The summed E-state index contributed by atoms with van der Waals surface area (Å²) in [5.74, 6) is -0.254. The van der Waals surface area contributed by atoms with E-state index in [1.807, 2.05) is 25.1 Å². The highest BCUT2D eigenvalue weighted by atomic mass is 35.5. The van der Waals surface area contributed by atoms with Crippen molar-refractivity contribution in [2.75, 3.05) is 10.6 Å². The zero-order chi connectivity index (χ0) is 22.2. The molecule has 0 radical (unpaired) electrons. The van der Waals surface area contributed by atoms with Gasteiger partial charge in [-0.25, -0.2) is 4.39 Å². The van der Waals surface area contributed by atoms with Crippen molar-refractivity contribution in [3.63, 3.8) is 0 Å². The van der Waals surface area contributed by atoms with E-state index in [1.165, 1.54) is 12.1 Å². The third-order valence-electron chi connectivity index (χ3n) is 6.79. The smallest absolute Gasteiger partial charge is 0.241 e. The van der Waals surface area contributed by atoms with E-state index in [9.17, 15) is 9.18 Å². The molecule has 2 aromatic carbocycles. The molecule has 2 bridgehead atoms. The van der Waals surface area contributed by atoms with Crippen molar-refractivity contribution in [1.82, 2.24) is 9.88 Å². The maximum atomic E-state index is 13.8. The molecular weight excluding hydrogens is 427 g/mol. The van der Waals surface area contributed by atoms with E-state index < -0.39 is 0 Å². The van der Waals surface area contributed by atoms with Gasteiger partial charge >= 0.3 is 0 Å². The Morgan fingerprint density at radius 3 is 2.56 bits per heavy atom. The lowest BCUT2D eigenvalue weighted by atomic mass is 9.95. The van der Waals surface area contributed by atoms with Gasteiger partial charge in [-0.15, -0.1) is 0 Å². The van der Waals surface area contributed by atoms with Crippen LogP contribution in [0.25, 0.3) is 10.9 Å². The minimum atomic E-state index is -0.260. The van der Waals surface area contributed by atoms with Crippen LogP contribution in [0.2, 0.25) is 5.02 Å². The maximum absolute atomic E-state index is 13.8. The first-order valence-corrected chi connectivity index (χ1v) is 11.5. The molecule has 5 nitrogen and oxygen atoms in total. The van der Waals surface area contributed by atoms with Gasteiger partial charge in [-0.05, 0) is 81.1 Å². The van der Waals surface area contributed by atoms with Crippen LogP contribution in [0.5, 0.6) is 0 Å². The summed E-state index contributed by atoms with van der Waals surface area (Å²) in [5.41, 5.74) is 2.46. The standard InChI is InChI=1S/C25H26ClFN4O/c1-15(25(32)30-18-5-2-16(26)3-6-18)31-20-7-8-21(31)14-19(13-20)29-24-10-11-28-23-9-4-17(27)12-22(23)24/h2-6,9-12,15,19-21H,7-8,13-14H2,1H3,(H,28,29)(H,30,32). The molecule has 7 heteroatoms. The van der Waals surface area contributed by atoms with Crippen LogP contribution in [0.4, 0.5) is 15.8 Å². The van der Waals surface area contributed by atoms with E-state index in [0.29, 0.717) is 17.1 Å². The Balaban J connectivity index is 1.27. The lowest BCUT2D eigenvalue weighted by molar-refractivity contribution is -0.122. The summed E-state index contributed by atoms with van der Waals surface area (Å²) in [4.78, 5) is 19.7. The number of amides is 1. The Labute approximate surface area is 192 Å². The zero-order valence-corrected chi connectivity index (χ0v) is 18.6. The van der Waals surface area contributed by atoms with Crippen LogP contribution in [-0.4, -0.2) is 40.0 Å². The fraction of sp³-hybridized carbons (Fsp3) is 0.360. The maximum Gasteiger partial charge on any atom is 0.241 e. The van der Waals surface area contributed by atoms with E-state index in [1.54, 1.807) is 24.4 Å². The number of hydrogen-bond donors (Lipinski definition) is 2. The molecule has 0 saturated carbocycles. The number of hydrogen-bond acceptors (Lipinski definition) is 4. The van der Waals surface area contributed by atoms with Crippen molar-refractivity contribution in [1.29, 1.82) is 0 Å². The number of carbonyl (C=O) groups excluding carboxylic acids is 1. The number of anilines is 2. The molecule has 2 aliphatic heterocycles. The van der Waals surface area contributed by atoms with Gasteiger partial charge in [-0.3, -0.25) is 14.7 Å². The van der Waals surface area contributed by atoms with Crippen molar-refractivity contribution in [2.45, 2.75) is 56.8 Å². The molecule has 2 saturated heterocycles. The molecule has 2 fully saturated rings. The molecule has 3 aromatic rings. The quantitative estimate of drug-likeness (QED) is 0.539. The first-order chi connectivity index (χ1) is 15.5. The second-order valence-corrected chi connectivity index (χ2v) is 9.27. The topological polar surface area (TPSA) is 57.3 Å². The van der Waals surface area contributed by atoms with E-state index in [2.05, 4.69) is 20.5 Å². The lowest BCUT2D eigenvalue weighted by Gasteiger charge is -2.42. The summed E-state index contributed by atoms with van der Waals surface area (Å²) in [7, 11) is 0. The number of nitrogens with one attached hydrogen (secondary N) is 2. The molecule has 1 amide bonds. The summed E-state index contributed by atoms with van der Waals surface area (Å²) < 4.78 is 13.8. The molecule has 5 rings (SSSR count). The van der Waals surface area contributed by atoms with Crippen molar-refractivity contribution in [3.05, 3.63) is 65.6 Å². The van der Waals surface area contributed by atoms with Gasteiger partial charge in [-0.1, -0.05) is 11.6 Å². The van der Waals surface area contributed by atoms with Crippen LogP contribution in [0, 0.1) is 5.82 Å². The van der Waals surface area contributed by atoms with E-state index in [-0.39, 0.29) is 23.8 Å². The summed E-state index contributed by atoms with van der Waals surface area (Å²) in [6.07, 6.45) is 5.85. The molecule has 3 atom stereocenters. The summed E-state index contributed by atoms with van der Waals surface area (Å²) in [6.45, 7) is 1.99. The number of rotatable bonds is 5. The van der Waals surface area contributed by atoms with E-state index in [0.717, 1.165) is 48.0 Å². The number of benzene rings is 2. The van der Waals surface area contributed by atoms with Crippen molar-refractivity contribution < 1.29 is 9.18 Å². The molecule has 166 valence electrons. The van der Waals surface area contributed by atoms with Gasteiger partial charge in [-0.2, -0.15) is 0 Å². The molecule has 3 unspecified atom stereocenters. The summed E-state index contributed by atoms with van der Waals surface area (Å²) in [5, 5.41) is 8.10. The van der Waals surface area contributed by atoms with E-state index >= 15 is 0 Å². The highest BCUT2D eigenvalue weighted by molar-refractivity contribution is 6.30. The fourth-order valence-corrected chi connectivity index (χ4v) is 5.47. The fourth-order valence-electron chi connectivity index (χ4n) is 5.34. The first-order valence-electron chi connectivity index (χ1n) is 11.1. The number of piperidine rings is 1. The molecule has 2 N–H and O–H groups in total. The number of fused-ring (bicyclic) bond motifs is 3. The predicted molar refractivity (Wildman–Crippen MR) is 127 cm³/mol. The van der Waals surface area contributed by atoms with Crippen LogP contribution < -0.4 is 10.6 Å². The van der Waals surface area contributed by atoms with Crippen molar-refractivity contribution in [2.24, 2.45) is 0 Å². The number of aromatic nitrogens is 1. The molecule has 0 aliphatic carbocycles. The van der Waals surface area contributed by atoms with Gasteiger partial charge in [0.1, 0.15) is 5.82 Å². The Kier molecular flexibility index (Phi) is 5.74. The average molecular weight is 453 g/mol. The number of halogens is 2. The van der Waals surface area contributed by atoms with Gasteiger partial charge in [0.2, 0.25) is 5.91 Å². The van der Waals surface area contributed by atoms with Crippen LogP contribution in [0.15, 0.2) is 54.7 Å². The molecule has 32 heavy (non-hydrogen) atoms. The minimum absolute atomic E-state index is 0.00577. The molecule has 0 spiro atoms. The first kappa shape index (κ1) is 21.2. The Morgan fingerprint density at radius 2 is 1.84 bits per heavy atom. The Hall–Kier alpha value is -2.70. The van der Waals surface area contributed by atoms with Gasteiger partial charge in [0, 0.05) is 46.1 Å². The molecule has 2 aliphatic rings. The highest BCUT2D eigenvalue weighted by Crippen LogP contribution is 2.39. The predicted octanol–water partition coefficient (Wildman–Crippen LogP) is 5.46. The SMILES string of the molecule is CC(C(=O)Nc1ccc(Cl)cc1)N1C2CCC1CC(Nc1ccnc3ccc(F)cc13)C2. The van der Waals surface area contributed by atoms with Crippen molar-refractivity contribution >= 4 is 39.8 Å². The third-order valence-corrected chi connectivity index (χ3v) is 7.04. The largest absolute Gasteiger partial charge is 0.382 e. The van der Waals surface area contributed by atoms with Crippen LogP contribution in [0.1, 0.15) is 32.6 Å². The number of nitrogens with zero attached hydrogens (tertiary/aromatic N) is 2. The molecule has 3 heterocycles. The van der Waals surface area contributed by atoms with Crippen LogP contribution in [0.3, 0.4) is 0 Å². The Bertz CT molecular complexity index is 1120. The zero-order valence-electron chi connectivity index (χ0n) is 17.9. The van der Waals surface area contributed by atoms with E-state index in [4.69, 9.17) is 11.6 Å². The van der Waals surface area contributed by atoms with Crippen molar-refractivity contribution in [3.8, 4) is 0 Å². The normalized spacial score (nSPS) is 23.8. The van der Waals surface area contributed by atoms with Gasteiger partial charge in [0.25, 0.3) is 0 Å². The van der Waals surface area contributed by atoms with Gasteiger partial charge in [0.15, 0.2) is 0 Å². The van der Waals surface area contributed by atoms with Gasteiger partial charge in [0.05, 0.1) is 11.6 Å². The molecular formula is C25H26ClFN4O. The average Bonchev–Trinajstić information content (AvgIpc) is 3.05. The Morgan fingerprint density at radius 1 is 1.12 bits per heavy atom. The summed E-state index contributed by atoms with van der Waals surface area (Å²) in [6, 6.07) is 14.6. The minimum Gasteiger partial charge on any atom is -0.382 e. The van der Waals surface area contributed by atoms with Gasteiger partial charge < -0.3 is 10.6 Å². The van der Waals surface area contributed by atoms with Crippen LogP contribution >= 0.6 is 11.6 Å². The second kappa shape index (κ2) is 8.68. The highest BCUT2D eigenvalue weighted by Gasteiger charge is 2.44. The monoisotopic (exact) mass is 452 g/mol. The summed E-state index contributed by atoms with van der Waals surface area (Å²) >= 11 is 5.94. The molecule has 1 aromatic heterocycles. The lowest BCUT2D eigenvalue weighted by Crippen LogP contribution is -2.54. The number of pyridine rings is 1. The van der Waals surface area contributed by atoms with Crippen LogP contribution in [-0.2, 0) is 4.79 Å². The second-order valence-electron chi connectivity index (χ2n) is 8.84.